The van der Waals surface area contributed by atoms with Gasteiger partial charge in [-0.05, 0) is 43.4 Å². The summed E-state index contributed by atoms with van der Waals surface area (Å²) in [6.07, 6.45) is 4.58. The van der Waals surface area contributed by atoms with Crippen molar-refractivity contribution in [2.45, 2.75) is 38.6 Å². The highest BCUT2D eigenvalue weighted by Gasteiger charge is 2.27. The Morgan fingerprint density at radius 1 is 1.44 bits per heavy atom. The lowest BCUT2D eigenvalue weighted by Gasteiger charge is -2.15. The molecule has 1 aliphatic carbocycles. The number of nitrogens with one attached hydrogen (secondary N) is 3. The van der Waals surface area contributed by atoms with Crippen LogP contribution in [0.3, 0.4) is 0 Å². The number of carbonyl (C=O) groups is 2. The molecule has 1 atom stereocenters. The van der Waals surface area contributed by atoms with Gasteiger partial charge in [0.1, 0.15) is 22.4 Å². The van der Waals surface area contributed by atoms with Crippen LogP contribution in [0.25, 0.3) is 0 Å². The summed E-state index contributed by atoms with van der Waals surface area (Å²) in [5.74, 6) is 1.64. The molecular weight excluding hydrogens is 433 g/mol. The van der Waals surface area contributed by atoms with E-state index < -0.39 is 0 Å². The Hall–Kier alpha value is -2.85. The number of rotatable bonds is 11. The van der Waals surface area contributed by atoms with Crippen molar-refractivity contribution < 1.29 is 18.7 Å². The van der Waals surface area contributed by atoms with E-state index in [2.05, 4.69) is 20.6 Å². The van der Waals surface area contributed by atoms with E-state index in [0.717, 1.165) is 18.4 Å². The Labute approximate surface area is 190 Å². The third kappa shape index (κ3) is 5.68. The van der Waals surface area contributed by atoms with E-state index >= 15 is 0 Å². The maximum absolute atomic E-state index is 14.0. The molecule has 8 nitrogen and oxygen atoms in total. The highest BCUT2D eigenvalue weighted by atomic mass is 32.1. The van der Waals surface area contributed by atoms with Crippen LogP contribution in [0.2, 0.25) is 0 Å². The number of H-pyrrole nitrogens is 1. The Kier molecular flexibility index (Phi) is 6.80. The molecule has 2 fully saturated rings. The third-order valence-electron chi connectivity index (χ3n) is 5.57. The van der Waals surface area contributed by atoms with E-state index in [9.17, 15) is 14.0 Å². The number of aromatic amines is 1. The molecule has 1 aliphatic heterocycles. The van der Waals surface area contributed by atoms with Crippen molar-refractivity contribution in [1.29, 1.82) is 0 Å². The summed E-state index contributed by atoms with van der Waals surface area (Å²) in [6.45, 7) is 2.97. The first-order valence-electron chi connectivity index (χ1n) is 10.7. The molecule has 1 saturated heterocycles. The van der Waals surface area contributed by atoms with Gasteiger partial charge in [0.2, 0.25) is 0 Å². The molecule has 2 aromatic rings. The molecule has 2 amide bonds. The first-order chi connectivity index (χ1) is 15.4. The number of amides is 2. The molecule has 0 radical (unpaired) electrons. The Bertz CT molecular complexity index is 1020. The summed E-state index contributed by atoms with van der Waals surface area (Å²) < 4.78 is 19.6. The number of ether oxygens (including phenoxy) is 1. The highest BCUT2D eigenvalue weighted by Crippen LogP contribution is 2.31. The molecule has 1 saturated carbocycles. The molecule has 1 aromatic heterocycles. The zero-order valence-electron chi connectivity index (χ0n) is 17.8. The molecule has 32 heavy (non-hydrogen) atoms. The smallest absolute Gasteiger partial charge is 0.328 e. The van der Waals surface area contributed by atoms with E-state index in [1.54, 1.807) is 18.3 Å². The van der Waals surface area contributed by atoms with Gasteiger partial charge in [0, 0.05) is 18.9 Å². The molecule has 2 aliphatic rings. The van der Waals surface area contributed by atoms with Crippen molar-refractivity contribution in [3.63, 3.8) is 0 Å². The second-order valence-corrected chi connectivity index (χ2v) is 8.73. The number of thiocarbonyl (C=S) groups is 1. The number of hydrogen-bond donors (Lipinski definition) is 3. The van der Waals surface area contributed by atoms with Gasteiger partial charge in [0.05, 0.1) is 25.9 Å². The lowest BCUT2D eigenvalue weighted by Crippen LogP contribution is -2.28. The third-order valence-corrected chi connectivity index (χ3v) is 5.80. The topological polar surface area (TPSA) is 99.4 Å². The van der Waals surface area contributed by atoms with Crippen molar-refractivity contribution in [2.24, 2.45) is 5.92 Å². The van der Waals surface area contributed by atoms with E-state index in [1.807, 2.05) is 6.92 Å². The fraction of sp³-hybridized carbons (Fsp3) is 0.455. The zero-order chi connectivity index (χ0) is 22.7. The molecule has 3 N–H and O–H groups in total. The summed E-state index contributed by atoms with van der Waals surface area (Å²) in [7, 11) is 0. The van der Waals surface area contributed by atoms with Crippen LogP contribution >= 0.6 is 12.2 Å². The Balaban J connectivity index is 1.23. The van der Waals surface area contributed by atoms with Gasteiger partial charge in [-0.25, -0.2) is 14.2 Å². The number of nitrogens with zero attached hydrogens (tertiary/aromatic N) is 2. The molecule has 0 bridgehead atoms. The molecule has 4 rings (SSSR count). The molecule has 10 heteroatoms. The second kappa shape index (κ2) is 9.74. The number of urea groups is 1. The predicted molar refractivity (Wildman–Crippen MR) is 121 cm³/mol. The number of ketones is 1. The first-order valence-corrected chi connectivity index (χ1v) is 11.1. The SMILES string of the molecule is C[C@@H](NCC(=O)CCc1ncc(N2CC(=S)NC2=O)[nH]1)c1ccc(F)c(OCC2CC2)c1. The number of aromatic nitrogens is 2. The van der Waals surface area contributed by atoms with Crippen LogP contribution in [0.5, 0.6) is 5.75 Å². The van der Waals surface area contributed by atoms with Crippen LogP contribution in [-0.4, -0.2) is 46.5 Å². The molecule has 2 heterocycles. The number of aryl methyl sites for hydroxylation is 1. The minimum atomic E-state index is -0.372. The van der Waals surface area contributed by atoms with Gasteiger partial charge in [-0.2, -0.15) is 0 Å². The van der Waals surface area contributed by atoms with Crippen LogP contribution in [0.15, 0.2) is 24.4 Å². The Morgan fingerprint density at radius 3 is 2.97 bits per heavy atom. The van der Waals surface area contributed by atoms with Crippen molar-refractivity contribution in [3.05, 3.63) is 41.6 Å². The standard InChI is InChI=1S/C22H26FN5O3S/c1-13(15-4-6-17(23)18(8-15)31-12-14-2-3-14)24-9-16(29)5-7-19-25-10-20(26-19)28-11-21(32)27-22(28)30/h4,6,8,10,13-14,24H,2-3,5,7,9,11-12H2,1H3,(H,25,26)(H,27,30,32)/t13-/m1/s1. The van der Waals surface area contributed by atoms with Crippen molar-refractivity contribution >= 4 is 34.8 Å². The van der Waals surface area contributed by atoms with Crippen LogP contribution in [0.4, 0.5) is 15.0 Å². The first kappa shape index (κ1) is 22.3. The van der Waals surface area contributed by atoms with Crippen LogP contribution in [-0.2, 0) is 11.2 Å². The Morgan fingerprint density at radius 2 is 2.25 bits per heavy atom. The molecule has 0 spiro atoms. The number of benzene rings is 1. The molecule has 170 valence electrons. The van der Waals surface area contributed by atoms with E-state index in [1.165, 1.54) is 11.0 Å². The number of hydrogen-bond acceptors (Lipinski definition) is 6. The van der Waals surface area contributed by atoms with Gasteiger partial charge < -0.3 is 20.4 Å². The van der Waals surface area contributed by atoms with Gasteiger partial charge in [-0.1, -0.05) is 18.3 Å². The van der Waals surface area contributed by atoms with Crippen LogP contribution in [0.1, 0.15) is 43.6 Å². The molecule has 0 unspecified atom stereocenters. The highest BCUT2D eigenvalue weighted by molar-refractivity contribution is 7.80. The number of anilines is 1. The fourth-order valence-electron chi connectivity index (χ4n) is 3.37. The minimum absolute atomic E-state index is 0.0298. The minimum Gasteiger partial charge on any atom is -0.490 e. The van der Waals surface area contributed by atoms with Gasteiger partial charge in [-0.15, -0.1) is 0 Å². The second-order valence-electron chi connectivity index (χ2n) is 8.24. The van der Waals surface area contributed by atoms with Gasteiger partial charge in [0.15, 0.2) is 11.6 Å². The number of imidazole rings is 1. The lowest BCUT2D eigenvalue weighted by molar-refractivity contribution is -0.118. The largest absolute Gasteiger partial charge is 0.490 e. The van der Waals surface area contributed by atoms with Crippen LogP contribution < -0.4 is 20.3 Å². The average molecular weight is 460 g/mol. The van der Waals surface area contributed by atoms with Gasteiger partial charge in [0.25, 0.3) is 0 Å². The van der Waals surface area contributed by atoms with Crippen molar-refractivity contribution in [1.82, 2.24) is 20.6 Å². The lowest BCUT2D eigenvalue weighted by atomic mass is 10.1. The van der Waals surface area contributed by atoms with Crippen molar-refractivity contribution in [2.75, 3.05) is 24.6 Å². The van der Waals surface area contributed by atoms with Crippen LogP contribution in [0, 0.1) is 11.7 Å². The van der Waals surface area contributed by atoms with Gasteiger partial charge >= 0.3 is 6.03 Å². The number of carbonyl (C=O) groups excluding carboxylic acids is 2. The maximum atomic E-state index is 14.0. The average Bonchev–Trinajstić information content (AvgIpc) is 3.38. The fourth-order valence-corrected chi connectivity index (χ4v) is 3.59. The van der Waals surface area contributed by atoms with Crippen molar-refractivity contribution in [3.8, 4) is 5.75 Å². The quantitative estimate of drug-likeness (QED) is 0.447. The van der Waals surface area contributed by atoms with Gasteiger partial charge in [-0.3, -0.25) is 9.69 Å². The van der Waals surface area contributed by atoms with E-state index in [4.69, 9.17) is 17.0 Å². The summed E-state index contributed by atoms with van der Waals surface area (Å²) in [5.41, 5.74) is 0.863. The normalized spacial score (nSPS) is 16.9. The monoisotopic (exact) mass is 459 g/mol. The van der Waals surface area contributed by atoms with E-state index in [0.29, 0.717) is 48.5 Å². The molecule has 1 aromatic carbocycles. The predicted octanol–water partition coefficient (Wildman–Crippen LogP) is 3.05. The molecular formula is C22H26FN5O3S. The summed E-state index contributed by atoms with van der Waals surface area (Å²) in [5, 5.41) is 5.75. The number of halogens is 1. The summed E-state index contributed by atoms with van der Waals surface area (Å²) in [6, 6.07) is 4.38. The summed E-state index contributed by atoms with van der Waals surface area (Å²) in [4.78, 5) is 33.4. The maximum Gasteiger partial charge on any atom is 0.328 e. The summed E-state index contributed by atoms with van der Waals surface area (Å²) >= 11 is 5.00. The number of Topliss-reactive ketones (excluding diaryl/α,β-unsaturated/α-hetero) is 1. The van der Waals surface area contributed by atoms with E-state index in [-0.39, 0.29) is 36.0 Å². The zero-order valence-corrected chi connectivity index (χ0v) is 18.6.